The minimum atomic E-state index is 0.757. The van der Waals surface area contributed by atoms with E-state index in [1.165, 1.54) is 49.0 Å². The number of likely N-dealkylation sites (tertiary alicyclic amines) is 1. The third kappa shape index (κ3) is 4.76. The van der Waals surface area contributed by atoms with Crippen molar-refractivity contribution in [1.29, 1.82) is 0 Å². The monoisotopic (exact) mass is 339 g/mol. The molecule has 3 rings (SSSR count). The van der Waals surface area contributed by atoms with Gasteiger partial charge in [0.15, 0.2) is 0 Å². The van der Waals surface area contributed by atoms with Gasteiger partial charge in [0.1, 0.15) is 18.1 Å². The van der Waals surface area contributed by atoms with Crippen molar-refractivity contribution >= 4 is 0 Å². The van der Waals surface area contributed by atoms with Crippen LogP contribution in [-0.2, 0) is 6.42 Å². The lowest BCUT2D eigenvalue weighted by Gasteiger charge is -2.26. The van der Waals surface area contributed by atoms with E-state index in [0.29, 0.717) is 0 Å². The number of hydrogen-bond acceptors (Lipinski definition) is 3. The van der Waals surface area contributed by atoms with E-state index in [1.807, 2.05) is 12.1 Å². The Morgan fingerprint density at radius 1 is 0.920 bits per heavy atom. The molecule has 0 aromatic heterocycles. The van der Waals surface area contributed by atoms with Gasteiger partial charge in [0.05, 0.1) is 7.11 Å². The summed E-state index contributed by atoms with van der Waals surface area (Å²) in [7, 11) is 1.70. The average Bonchev–Trinajstić information content (AvgIpc) is 2.69. The number of methoxy groups -OCH3 is 1. The van der Waals surface area contributed by atoms with Crippen LogP contribution in [0.2, 0.25) is 0 Å². The number of hydrogen-bond donors (Lipinski definition) is 0. The summed E-state index contributed by atoms with van der Waals surface area (Å²) < 4.78 is 11.3. The Morgan fingerprint density at radius 2 is 1.64 bits per heavy atom. The van der Waals surface area contributed by atoms with Crippen molar-refractivity contribution in [2.75, 3.05) is 33.4 Å². The Hall–Kier alpha value is -2.00. The molecule has 2 aromatic carbocycles. The van der Waals surface area contributed by atoms with Crippen molar-refractivity contribution in [2.45, 2.75) is 32.6 Å². The molecule has 0 aliphatic carbocycles. The second-order valence-corrected chi connectivity index (χ2v) is 6.65. The van der Waals surface area contributed by atoms with E-state index < -0.39 is 0 Å². The molecule has 1 saturated heterocycles. The minimum Gasteiger partial charge on any atom is -0.497 e. The molecular weight excluding hydrogens is 310 g/mol. The second-order valence-electron chi connectivity index (χ2n) is 6.65. The van der Waals surface area contributed by atoms with E-state index in [-0.39, 0.29) is 0 Å². The smallest absolute Gasteiger partial charge is 0.120 e. The van der Waals surface area contributed by atoms with Crippen LogP contribution in [0.1, 0.15) is 31.7 Å². The van der Waals surface area contributed by atoms with Crippen LogP contribution < -0.4 is 9.47 Å². The summed E-state index contributed by atoms with van der Waals surface area (Å²) in [5.41, 5.74) is 3.80. The van der Waals surface area contributed by atoms with E-state index in [0.717, 1.165) is 31.1 Å². The number of benzene rings is 2. The maximum Gasteiger partial charge on any atom is 0.120 e. The van der Waals surface area contributed by atoms with Gasteiger partial charge in [-0.15, -0.1) is 0 Å². The number of piperidine rings is 1. The maximum atomic E-state index is 6.05. The van der Waals surface area contributed by atoms with Gasteiger partial charge >= 0.3 is 0 Å². The maximum absolute atomic E-state index is 6.05. The van der Waals surface area contributed by atoms with E-state index >= 15 is 0 Å². The highest BCUT2D eigenvalue weighted by molar-refractivity contribution is 5.69. The summed E-state index contributed by atoms with van der Waals surface area (Å²) in [5, 5.41) is 0. The molecule has 0 N–H and O–H groups in total. The molecule has 1 aliphatic rings. The average molecular weight is 339 g/mol. The van der Waals surface area contributed by atoms with Gasteiger partial charge in [0.25, 0.3) is 0 Å². The van der Waals surface area contributed by atoms with Gasteiger partial charge in [-0.25, -0.2) is 0 Å². The molecule has 1 aliphatic heterocycles. The second kappa shape index (κ2) is 8.91. The normalized spacial score (nSPS) is 15.1. The van der Waals surface area contributed by atoms with Crippen LogP contribution in [0.15, 0.2) is 42.5 Å². The molecular formula is C22H29NO2. The first-order chi connectivity index (χ1) is 12.3. The summed E-state index contributed by atoms with van der Waals surface area (Å²) in [4.78, 5) is 2.51. The number of ether oxygens (including phenoxy) is 2. The predicted octanol–water partition coefficient (Wildman–Crippen LogP) is 4.79. The lowest BCUT2D eigenvalue weighted by atomic mass is 9.98. The zero-order chi connectivity index (χ0) is 17.5. The van der Waals surface area contributed by atoms with Crippen LogP contribution in [0.4, 0.5) is 0 Å². The fourth-order valence-electron chi connectivity index (χ4n) is 3.47. The summed E-state index contributed by atoms with van der Waals surface area (Å²) in [6.45, 7) is 6.41. The summed E-state index contributed by atoms with van der Waals surface area (Å²) >= 11 is 0. The van der Waals surface area contributed by atoms with Crippen molar-refractivity contribution in [2.24, 2.45) is 0 Å². The van der Waals surface area contributed by atoms with Gasteiger partial charge in [0, 0.05) is 6.54 Å². The Labute approximate surface area is 151 Å². The lowest BCUT2D eigenvalue weighted by molar-refractivity contribution is 0.183. The van der Waals surface area contributed by atoms with Gasteiger partial charge in [-0.3, -0.25) is 4.90 Å². The van der Waals surface area contributed by atoms with Gasteiger partial charge in [0.2, 0.25) is 0 Å². The van der Waals surface area contributed by atoms with Gasteiger partial charge in [-0.05, 0) is 73.3 Å². The first-order valence-electron chi connectivity index (χ1n) is 9.42. The molecule has 3 heteroatoms. The zero-order valence-corrected chi connectivity index (χ0v) is 15.5. The van der Waals surface area contributed by atoms with Crippen molar-refractivity contribution < 1.29 is 9.47 Å². The number of nitrogens with zero attached hydrogens (tertiary/aromatic N) is 1. The van der Waals surface area contributed by atoms with Gasteiger partial charge in [-0.1, -0.05) is 31.5 Å². The molecule has 134 valence electrons. The lowest BCUT2D eigenvalue weighted by Crippen LogP contribution is -2.33. The molecule has 0 amide bonds. The first kappa shape index (κ1) is 17.8. The summed E-state index contributed by atoms with van der Waals surface area (Å²) in [6.07, 6.45) is 5.04. The molecule has 3 nitrogen and oxygen atoms in total. The fraction of sp³-hybridized carbons (Fsp3) is 0.455. The van der Waals surface area contributed by atoms with Gasteiger partial charge < -0.3 is 9.47 Å². The molecule has 2 aromatic rings. The minimum absolute atomic E-state index is 0.757. The van der Waals surface area contributed by atoms with E-state index in [1.54, 1.807) is 7.11 Å². The quantitative estimate of drug-likeness (QED) is 0.724. The number of aryl methyl sites for hydroxylation is 1. The largest absolute Gasteiger partial charge is 0.497 e. The van der Waals surface area contributed by atoms with Crippen LogP contribution in [0, 0.1) is 0 Å². The third-order valence-electron chi connectivity index (χ3n) is 4.99. The molecule has 25 heavy (non-hydrogen) atoms. The topological polar surface area (TPSA) is 21.7 Å². The van der Waals surface area contributed by atoms with E-state index in [4.69, 9.17) is 9.47 Å². The highest BCUT2D eigenvalue weighted by Gasteiger charge is 2.10. The zero-order valence-electron chi connectivity index (χ0n) is 15.5. The molecule has 0 spiro atoms. The van der Waals surface area contributed by atoms with E-state index in [9.17, 15) is 0 Å². The van der Waals surface area contributed by atoms with E-state index in [2.05, 4.69) is 42.2 Å². The number of rotatable bonds is 7. The van der Waals surface area contributed by atoms with Crippen LogP contribution >= 0.6 is 0 Å². The summed E-state index contributed by atoms with van der Waals surface area (Å²) in [6, 6.07) is 14.7. The highest BCUT2D eigenvalue weighted by atomic mass is 16.5. The van der Waals surface area contributed by atoms with Crippen LogP contribution in [0.25, 0.3) is 11.1 Å². The molecule has 0 saturated carbocycles. The standard InChI is InChI=1S/C22H29NO2/c1-3-18-7-12-21(25-16-15-23-13-5-4-6-14-23)17-22(18)19-8-10-20(24-2)11-9-19/h7-12,17H,3-6,13-16H2,1-2H3. The Bertz CT molecular complexity index is 660. The molecule has 1 fully saturated rings. The molecule has 1 heterocycles. The van der Waals surface area contributed by atoms with Crippen LogP contribution in [0.5, 0.6) is 11.5 Å². The molecule has 0 radical (unpaired) electrons. The SMILES string of the molecule is CCc1ccc(OCCN2CCCCC2)cc1-c1ccc(OC)cc1. The van der Waals surface area contributed by atoms with Crippen LogP contribution in [0.3, 0.4) is 0 Å². The first-order valence-corrected chi connectivity index (χ1v) is 9.42. The van der Waals surface area contributed by atoms with Crippen molar-refractivity contribution in [1.82, 2.24) is 4.90 Å². The highest BCUT2D eigenvalue weighted by Crippen LogP contribution is 2.30. The van der Waals surface area contributed by atoms with Crippen LogP contribution in [-0.4, -0.2) is 38.3 Å². The Balaban J connectivity index is 1.68. The van der Waals surface area contributed by atoms with Crippen molar-refractivity contribution in [3.05, 3.63) is 48.0 Å². The molecule has 0 unspecified atom stereocenters. The third-order valence-corrected chi connectivity index (χ3v) is 4.99. The van der Waals surface area contributed by atoms with Crippen molar-refractivity contribution in [3.8, 4) is 22.6 Å². The Kier molecular flexibility index (Phi) is 6.35. The van der Waals surface area contributed by atoms with Gasteiger partial charge in [-0.2, -0.15) is 0 Å². The predicted molar refractivity (Wildman–Crippen MR) is 104 cm³/mol. The summed E-state index contributed by atoms with van der Waals surface area (Å²) in [5.74, 6) is 1.84. The van der Waals surface area contributed by atoms with Crippen molar-refractivity contribution in [3.63, 3.8) is 0 Å². The molecule has 0 atom stereocenters. The molecule has 0 bridgehead atoms. The Morgan fingerprint density at radius 3 is 2.32 bits per heavy atom. The fourth-order valence-corrected chi connectivity index (χ4v) is 3.47.